The molecule has 0 unspecified atom stereocenters. The first-order chi connectivity index (χ1) is 14.8. The first-order valence-electron chi connectivity index (χ1n) is 9.41. The van der Waals surface area contributed by atoms with Crippen molar-refractivity contribution in [1.29, 1.82) is 0 Å². The van der Waals surface area contributed by atoms with Gasteiger partial charge in [-0.15, -0.1) is 5.10 Å². The van der Waals surface area contributed by atoms with Gasteiger partial charge in [-0.2, -0.15) is 0 Å². The molecule has 3 aromatic rings. The number of aryl methyl sites for hydroxylation is 2. The van der Waals surface area contributed by atoms with Gasteiger partial charge in [0.1, 0.15) is 18.0 Å². The van der Waals surface area contributed by atoms with Crippen molar-refractivity contribution in [3.63, 3.8) is 0 Å². The number of carbonyl (C=O) groups excluding carboxylic acids is 2. The van der Waals surface area contributed by atoms with Crippen LogP contribution in [0, 0.1) is 13.8 Å². The molecular formula is C21H24N6O4. The Hall–Kier alpha value is -4.08. The Morgan fingerprint density at radius 2 is 1.81 bits per heavy atom. The average Bonchev–Trinajstić information content (AvgIpc) is 3.11. The van der Waals surface area contributed by atoms with Crippen molar-refractivity contribution in [3.05, 3.63) is 53.2 Å². The number of hydrogen-bond acceptors (Lipinski definition) is 7. The standard InChI is InChI=1S/C21H24N6O4/c1-12-5-6-14(9-13(12)2)23-21(29)19-20(22)27(26-25-19)11-18(28)24-16-8-7-15(30-3)10-17(16)31-4/h5-10H,11,22H2,1-4H3,(H,23,29)(H,24,28). The highest BCUT2D eigenvalue weighted by Gasteiger charge is 2.20. The van der Waals surface area contributed by atoms with Crippen LogP contribution in [0.15, 0.2) is 36.4 Å². The van der Waals surface area contributed by atoms with Crippen molar-refractivity contribution in [1.82, 2.24) is 15.0 Å². The number of methoxy groups -OCH3 is 2. The third-order valence-corrected chi connectivity index (χ3v) is 4.73. The molecule has 10 heteroatoms. The minimum absolute atomic E-state index is 0.0156. The number of rotatable bonds is 7. The molecule has 2 amide bonds. The van der Waals surface area contributed by atoms with Gasteiger partial charge in [-0.1, -0.05) is 11.3 Å². The molecule has 0 aliphatic heterocycles. The Bertz CT molecular complexity index is 1130. The summed E-state index contributed by atoms with van der Waals surface area (Å²) in [6.45, 7) is 3.70. The summed E-state index contributed by atoms with van der Waals surface area (Å²) in [5.74, 6) is 0.0890. The number of hydrogen-bond donors (Lipinski definition) is 3. The zero-order valence-electron chi connectivity index (χ0n) is 17.7. The van der Waals surface area contributed by atoms with Crippen LogP contribution in [0.3, 0.4) is 0 Å². The molecular weight excluding hydrogens is 400 g/mol. The van der Waals surface area contributed by atoms with E-state index in [9.17, 15) is 9.59 Å². The molecule has 31 heavy (non-hydrogen) atoms. The minimum atomic E-state index is -0.510. The molecule has 0 aliphatic carbocycles. The van der Waals surface area contributed by atoms with Gasteiger partial charge in [-0.25, -0.2) is 4.68 Å². The minimum Gasteiger partial charge on any atom is -0.497 e. The van der Waals surface area contributed by atoms with Gasteiger partial charge in [0.05, 0.1) is 19.9 Å². The van der Waals surface area contributed by atoms with Gasteiger partial charge >= 0.3 is 0 Å². The van der Waals surface area contributed by atoms with Gasteiger partial charge in [0.25, 0.3) is 5.91 Å². The second kappa shape index (κ2) is 9.16. The topological polar surface area (TPSA) is 133 Å². The van der Waals surface area contributed by atoms with Crippen molar-refractivity contribution in [2.75, 3.05) is 30.6 Å². The molecule has 162 valence electrons. The largest absolute Gasteiger partial charge is 0.497 e. The second-order valence-corrected chi connectivity index (χ2v) is 6.85. The fourth-order valence-electron chi connectivity index (χ4n) is 2.84. The number of nitrogens with one attached hydrogen (secondary N) is 2. The maximum absolute atomic E-state index is 12.5. The summed E-state index contributed by atoms with van der Waals surface area (Å²) in [6.07, 6.45) is 0. The number of amides is 2. The molecule has 0 radical (unpaired) electrons. The van der Waals surface area contributed by atoms with E-state index >= 15 is 0 Å². The van der Waals surface area contributed by atoms with Crippen LogP contribution in [0.2, 0.25) is 0 Å². The molecule has 0 fully saturated rings. The van der Waals surface area contributed by atoms with E-state index in [1.165, 1.54) is 14.2 Å². The number of carbonyl (C=O) groups is 2. The van der Waals surface area contributed by atoms with Crippen molar-refractivity contribution in [3.8, 4) is 11.5 Å². The quantitative estimate of drug-likeness (QED) is 0.530. The van der Waals surface area contributed by atoms with Crippen molar-refractivity contribution < 1.29 is 19.1 Å². The van der Waals surface area contributed by atoms with Gasteiger partial charge in [0.15, 0.2) is 11.5 Å². The van der Waals surface area contributed by atoms with Crippen LogP contribution in [-0.2, 0) is 11.3 Å². The predicted octanol–water partition coefficient (Wildman–Crippen LogP) is 2.39. The summed E-state index contributed by atoms with van der Waals surface area (Å²) in [4.78, 5) is 25.0. The molecule has 4 N–H and O–H groups in total. The number of aromatic nitrogens is 3. The van der Waals surface area contributed by atoms with Crippen LogP contribution in [0.4, 0.5) is 17.2 Å². The lowest BCUT2D eigenvalue weighted by atomic mass is 10.1. The maximum Gasteiger partial charge on any atom is 0.280 e. The van der Waals surface area contributed by atoms with Crippen LogP contribution in [-0.4, -0.2) is 41.0 Å². The smallest absolute Gasteiger partial charge is 0.280 e. The Balaban J connectivity index is 1.69. The third-order valence-electron chi connectivity index (χ3n) is 4.73. The lowest BCUT2D eigenvalue weighted by Gasteiger charge is -2.12. The number of ether oxygens (including phenoxy) is 2. The molecule has 0 saturated heterocycles. The second-order valence-electron chi connectivity index (χ2n) is 6.85. The summed E-state index contributed by atoms with van der Waals surface area (Å²) in [5, 5.41) is 13.1. The highest BCUT2D eigenvalue weighted by Crippen LogP contribution is 2.29. The fourth-order valence-corrected chi connectivity index (χ4v) is 2.84. The molecule has 10 nitrogen and oxygen atoms in total. The Labute approximate surface area is 179 Å². The number of anilines is 3. The van der Waals surface area contributed by atoms with Crippen LogP contribution in [0.5, 0.6) is 11.5 Å². The van der Waals surface area contributed by atoms with E-state index in [0.29, 0.717) is 22.9 Å². The van der Waals surface area contributed by atoms with Crippen LogP contribution in [0.1, 0.15) is 21.6 Å². The molecule has 0 bridgehead atoms. The van der Waals surface area contributed by atoms with Gasteiger partial charge in [-0.05, 0) is 49.2 Å². The summed E-state index contributed by atoms with van der Waals surface area (Å²) in [7, 11) is 3.02. The van der Waals surface area contributed by atoms with Gasteiger partial charge < -0.3 is 25.8 Å². The van der Waals surface area contributed by atoms with E-state index in [4.69, 9.17) is 15.2 Å². The fraction of sp³-hybridized carbons (Fsp3) is 0.238. The number of nitrogens with zero attached hydrogens (tertiary/aromatic N) is 3. The molecule has 0 aliphatic rings. The Kier molecular flexibility index (Phi) is 6.39. The molecule has 3 rings (SSSR count). The molecule has 0 spiro atoms. The van der Waals surface area contributed by atoms with E-state index in [2.05, 4.69) is 20.9 Å². The highest BCUT2D eigenvalue weighted by molar-refractivity contribution is 6.05. The maximum atomic E-state index is 12.5. The van der Waals surface area contributed by atoms with E-state index < -0.39 is 11.8 Å². The Morgan fingerprint density at radius 1 is 1.03 bits per heavy atom. The van der Waals surface area contributed by atoms with Crippen LogP contribution in [0.25, 0.3) is 0 Å². The number of nitrogen functional groups attached to an aromatic ring is 1. The van der Waals surface area contributed by atoms with Gasteiger partial charge in [0.2, 0.25) is 5.91 Å². The van der Waals surface area contributed by atoms with Gasteiger partial charge in [-0.3, -0.25) is 9.59 Å². The highest BCUT2D eigenvalue weighted by atomic mass is 16.5. The summed E-state index contributed by atoms with van der Waals surface area (Å²) >= 11 is 0. The zero-order valence-corrected chi connectivity index (χ0v) is 17.7. The normalized spacial score (nSPS) is 10.5. The first-order valence-corrected chi connectivity index (χ1v) is 9.41. The molecule has 1 heterocycles. The van der Waals surface area contributed by atoms with E-state index in [1.807, 2.05) is 26.0 Å². The molecule has 0 saturated carbocycles. The Morgan fingerprint density at radius 3 is 2.48 bits per heavy atom. The summed E-state index contributed by atoms with van der Waals surface area (Å²) in [5.41, 5.74) is 9.17. The molecule has 0 atom stereocenters. The first kappa shape index (κ1) is 21.6. The van der Waals surface area contributed by atoms with E-state index in [1.54, 1.807) is 24.3 Å². The van der Waals surface area contributed by atoms with Crippen molar-refractivity contribution >= 4 is 29.0 Å². The van der Waals surface area contributed by atoms with E-state index in [0.717, 1.165) is 15.8 Å². The predicted molar refractivity (Wildman–Crippen MR) is 116 cm³/mol. The van der Waals surface area contributed by atoms with Crippen molar-refractivity contribution in [2.24, 2.45) is 0 Å². The lowest BCUT2D eigenvalue weighted by Crippen LogP contribution is -2.21. The average molecular weight is 424 g/mol. The summed E-state index contributed by atoms with van der Waals surface area (Å²) in [6, 6.07) is 10.5. The molecule has 2 aromatic carbocycles. The number of benzene rings is 2. The van der Waals surface area contributed by atoms with Gasteiger partial charge in [0, 0.05) is 11.8 Å². The third kappa shape index (κ3) is 4.92. The summed E-state index contributed by atoms with van der Waals surface area (Å²) < 4.78 is 11.6. The van der Waals surface area contributed by atoms with Crippen LogP contribution < -0.4 is 25.8 Å². The number of nitrogens with two attached hydrogens (primary N) is 1. The van der Waals surface area contributed by atoms with Crippen LogP contribution >= 0.6 is 0 Å². The van der Waals surface area contributed by atoms with Crippen molar-refractivity contribution in [2.45, 2.75) is 20.4 Å². The zero-order chi connectivity index (χ0) is 22.5. The van der Waals surface area contributed by atoms with E-state index in [-0.39, 0.29) is 18.1 Å². The molecule has 1 aromatic heterocycles. The SMILES string of the molecule is COc1ccc(NC(=O)Cn2nnc(C(=O)Nc3ccc(C)c(C)c3)c2N)c(OC)c1. The monoisotopic (exact) mass is 424 g/mol. The lowest BCUT2D eigenvalue weighted by molar-refractivity contribution is -0.116.